The number of amides is 1. The maximum Gasteiger partial charge on any atom is 0.257 e. The minimum Gasteiger partial charge on any atom is -0.355 e. The number of anilines is 2. The van der Waals surface area contributed by atoms with E-state index in [0.717, 1.165) is 16.8 Å². The summed E-state index contributed by atoms with van der Waals surface area (Å²) in [4.78, 5) is 17.9. The second-order valence-electron chi connectivity index (χ2n) is 7.72. The Bertz CT molecular complexity index is 880. The Morgan fingerprint density at radius 2 is 2.00 bits per heavy atom. The molecule has 150 valence electrons. The summed E-state index contributed by atoms with van der Waals surface area (Å²) in [6, 6.07) is 5.87. The van der Waals surface area contributed by atoms with Crippen molar-refractivity contribution in [3.05, 3.63) is 29.5 Å². The molecule has 0 fully saturated rings. The number of aliphatic hydroxyl groups excluding tert-OH is 1. The van der Waals surface area contributed by atoms with Gasteiger partial charge in [-0.15, -0.1) is 10.2 Å². The van der Waals surface area contributed by atoms with Gasteiger partial charge in [-0.1, -0.05) is 6.07 Å². The van der Waals surface area contributed by atoms with Crippen molar-refractivity contribution in [2.45, 2.75) is 52.6 Å². The first-order chi connectivity index (χ1) is 13.1. The van der Waals surface area contributed by atoms with Crippen LogP contribution in [0.2, 0.25) is 0 Å². The molecule has 1 aliphatic rings. The molecule has 1 aromatic carbocycles. The van der Waals surface area contributed by atoms with E-state index < -0.39 is 12.0 Å². The van der Waals surface area contributed by atoms with E-state index in [9.17, 15) is 9.90 Å². The molecule has 1 amide bonds. The van der Waals surface area contributed by atoms with Crippen LogP contribution in [-0.2, 0) is 16.0 Å². The first-order valence-electron chi connectivity index (χ1n) is 9.12. The van der Waals surface area contributed by atoms with Crippen LogP contribution in [-0.4, -0.2) is 45.3 Å². The maximum absolute atomic E-state index is 11.8. The van der Waals surface area contributed by atoms with Gasteiger partial charge in [0.1, 0.15) is 5.69 Å². The van der Waals surface area contributed by atoms with Crippen molar-refractivity contribution < 1.29 is 14.6 Å². The van der Waals surface area contributed by atoms with Gasteiger partial charge >= 0.3 is 0 Å². The number of nitrogens with one attached hydrogen (secondary N) is 2. The minimum absolute atomic E-state index is 0.124. The number of fused-ring (bicyclic) bond motifs is 1. The molecule has 0 aliphatic carbocycles. The van der Waals surface area contributed by atoms with Crippen molar-refractivity contribution in [2.75, 3.05) is 17.4 Å². The first kappa shape index (κ1) is 20.1. The summed E-state index contributed by atoms with van der Waals surface area (Å²) in [5.41, 5.74) is 9.04. The molecule has 0 saturated heterocycles. The van der Waals surface area contributed by atoms with E-state index in [1.165, 1.54) is 0 Å². The van der Waals surface area contributed by atoms with Gasteiger partial charge in [0, 0.05) is 24.7 Å². The predicted molar refractivity (Wildman–Crippen MR) is 105 cm³/mol. The van der Waals surface area contributed by atoms with E-state index in [4.69, 9.17) is 4.74 Å². The Balaban J connectivity index is 1.73. The topological polar surface area (TPSA) is 113 Å². The zero-order valence-corrected chi connectivity index (χ0v) is 16.8. The molecule has 0 radical (unpaired) electrons. The standard InChI is InChI=1S/C19H26N6O3/c1-11-16(13-6-8-14-12(10-13)7-9-15(26)25(14)5)21-22-17(20-11)23-24-18(27)28-19(2,3)4/h6,8,10,18,24,27H,7,9H2,1-5H3,(H,20,22,23). The van der Waals surface area contributed by atoms with E-state index in [1.54, 1.807) is 11.9 Å². The number of nitrogens with zero attached hydrogens (tertiary/aromatic N) is 4. The quantitative estimate of drug-likeness (QED) is 0.526. The van der Waals surface area contributed by atoms with Gasteiger partial charge in [0.15, 0.2) is 0 Å². The molecule has 2 aromatic rings. The van der Waals surface area contributed by atoms with E-state index in [1.807, 2.05) is 45.9 Å². The number of benzene rings is 1. The molecule has 9 heteroatoms. The number of aromatic nitrogens is 3. The van der Waals surface area contributed by atoms with Crippen LogP contribution in [0.1, 0.15) is 38.4 Å². The lowest BCUT2D eigenvalue weighted by molar-refractivity contribution is -0.178. The van der Waals surface area contributed by atoms with Gasteiger partial charge in [0.05, 0.1) is 11.3 Å². The summed E-state index contributed by atoms with van der Waals surface area (Å²) in [6.45, 7) is 7.34. The number of carbonyl (C=O) groups is 1. The molecule has 0 saturated carbocycles. The molecule has 1 atom stereocenters. The molecule has 1 aromatic heterocycles. The zero-order valence-electron chi connectivity index (χ0n) is 16.8. The van der Waals surface area contributed by atoms with Crippen molar-refractivity contribution in [3.63, 3.8) is 0 Å². The molecule has 1 aliphatic heterocycles. The van der Waals surface area contributed by atoms with Crippen LogP contribution in [0.3, 0.4) is 0 Å². The monoisotopic (exact) mass is 386 g/mol. The van der Waals surface area contributed by atoms with Crippen LogP contribution < -0.4 is 15.8 Å². The number of rotatable bonds is 5. The third-order valence-corrected chi connectivity index (χ3v) is 4.33. The van der Waals surface area contributed by atoms with Gasteiger partial charge in [-0.3, -0.25) is 10.2 Å². The third kappa shape index (κ3) is 4.61. The Morgan fingerprint density at radius 1 is 1.25 bits per heavy atom. The highest BCUT2D eigenvalue weighted by atomic mass is 16.6. The molecular formula is C19H26N6O3. The second-order valence-corrected chi connectivity index (χ2v) is 7.72. The molecule has 3 rings (SSSR count). The van der Waals surface area contributed by atoms with E-state index >= 15 is 0 Å². The fourth-order valence-electron chi connectivity index (χ4n) is 3.02. The van der Waals surface area contributed by atoms with Crippen molar-refractivity contribution in [1.29, 1.82) is 0 Å². The average molecular weight is 386 g/mol. The number of aryl methyl sites for hydroxylation is 2. The maximum atomic E-state index is 11.8. The normalized spacial score (nSPS) is 15.4. The molecule has 2 heterocycles. The Labute approximate surface area is 164 Å². The summed E-state index contributed by atoms with van der Waals surface area (Å²) < 4.78 is 5.33. The highest BCUT2D eigenvalue weighted by Gasteiger charge is 2.22. The molecule has 28 heavy (non-hydrogen) atoms. The first-order valence-corrected chi connectivity index (χ1v) is 9.12. The SMILES string of the molecule is Cc1nc(NNC(O)OC(C)(C)C)nnc1-c1ccc2c(c1)CCC(=O)N2C. The Hall–Kier alpha value is -2.62. The highest BCUT2D eigenvalue weighted by molar-refractivity contribution is 5.96. The number of hydrogen-bond donors (Lipinski definition) is 3. The fraction of sp³-hybridized carbons (Fsp3) is 0.474. The van der Waals surface area contributed by atoms with E-state index in [-0.39, 0.29) is 11.9 Å². The number of aliphatic hydroxyl groups is 1. The van der Waals surface area contributed by atoms with Gasteiger partial charge in [0.25, 0.3) is 5.95 Å². The summed E-state index contributed by atoms with van der Waals surface area (Å²) >= 11 is 0. The highest BCUT2D eigenvalue weighted by Crippen LogP contribution is 2.31. The lowest BCUT2D eigenvalue weighted by atomic mass is 9.97. The smallest absolute Gasteiger partial charge is 0.257 e. The van der Waals surface area contributed by atoms with Gasteiger partial charge in [-0.2, -0.15) is 5.43 Å². The average Bonchev–Trinajstić information content (AvgIpc) is 2.61. The van der Waals surface area contributed by atoms with E-state index in [0.29, 0.717) is 24.2 Å². The Kier molecular flexibility index (Phi) is 5.59. The number of ether oxygens (including phenoxy) is 1. The lowest BCUT2D eigenvalue weighted by Gasteiger charge is -2.26. The van der Waals surface area contributed by atoms with Gasteiger partial charge in [-0.25, -0.2) is 4.98 Å². The van der Waals surface area contributed by atoms with Crippen molar-refractivity contribution in [1.82, 2.24) is 20.6 Å². The van der Waals surface area contributed by atoms with Crippen LogP contribution in [0.25, 0.3) is 11.3 Å². The number of hydrazine groups is 1. The summed E-state index contributed by atoms with van der Waals surface area (Å²) in [5, 5.41) is 18.1. The van der Waals surface area contributed by atoms with Gasteiger partial charge < -0.3 is 14.7 Å². The van der Waals surface area contributed by atoms with Crippen LogP contribution in [0.5, 0.6) is 0 Å². The summed E-state index contributed by atoms with van der Waals surface area (Å²) in [5.74, 6) is 0.347. The molecule has 0 spiro atoms. The largest absolute Gasteiger partial charge is 0.355 e. The van der Waals surface area contributed by atoms with Crippen molar-refractivity contribution >= 4 is 17.5 Å². The molecule has 0 bridgehead atoms. The van der Waals surface area contributed by atoms with Gasteiger partial charge in [-0.05, 0) is 51.8 Å². The molecular weight excluding hydrogens is 360 g/mol. The van der Waals surface area contributed by atoms with Crippen LogP contribution in [0.15, 0.2) is 18.2 Å². The molecule has 9 nitrogen and oxygen atoms in total. The van der Waals surface area contributed by atoms with E-state index in [2.05, 4.69) is 26.0 Å². The minimum atomic E-state index is -1.22. The number of hydrogen-bond acceptors (Lipinski definition) is 8. The van der Waals surface area contributed by atoms with Crippen LogP contribution in [0.4, 0.5) is 11.6 Å². The number of carbonyl (C=O) groups excluding carboxylic acids is 1. The molecule has 1 unspecified atom stereocenters. The van der Waals surface area contributed by atoms with Crippen molar-refractivity contribution in [2.24, 2.45) is 0 Å². The third-order valence-electron chi connectivity index (χ3n) is 4.33. The zero-order chi connectivity index (χ0) is 20.5. The van der Waals surface area contributed by atoms with Crippen molar-refractivity contribution in [3.8, 4) is 11.3 Å². The Morgan fingerprint density at radius 3 is 2.68 bits per heavy atom. The van der Waals surface area contributed by atoms with Gasteiger partial charge in [0.2, 0.25) is 12.3 Å². The fourth-order valence-corrected chi connectivity index (χ4v) is 3.02. The van der Waals surface area contributed by atoms with Crippen LogP contribution in [0, 0.1) is 6.92 Å². The summed E-state index contributed by atoms with van der Waals surface area (Å²) in [6.07, 6.45) is -0.00546. The molecule has 3 N–H and O–H groups in total. The van der Waals surface area contributed by atoms with Crippen LogP contribution >= 0.6 is 0 Å². The lowest BCUT2D eigenvalue weighted by Crippen LogP contribution is -2.41. The predicted octanol–water partition coefficient (Wildman–Crippen LogP) is 1.76. The second kappa shape index (κ2) is 7.78. The summed E-state index contributed by atoms with van der Waals surface area (Å²) in [7, 11) is 1.79.